The molecule has 1 saturated carbocycles. The maximum atomic E-state index is 12.9. The zero-order valence-corrected chi connectivity index (χ0v) is 15.2. The fourth-order valence-electron chi connectivity index (χ4n) is 3.57. The molecule has 2 fully saturated rings. The van der Waals surface area contributed by atoms with Crippen molar-refractivity contribution in [1.82, 2.24) is 14.6 Å². The number of benzene rings is 1. The number of aromatic nitrogens is 1. The van der Waals surface area contributed by atoms with Gasteiger partial charge in [-0.15, -0.1) is 0 Å². The summed E-state index contributed by atoms with van der Waals surface area (Å²) in [4.78, 5) is 4.38. The quantitative estimate of drug-likeness (QED) is 0.861. The molecule has 5 nitrogen and oxygen atoms in total. The molecule has 0 amide bonds. The van der Waals surface area contributed by atoms with Crippen molar-refractivity contribution in [3.63, 3.8) is 0 Å². The molecule has 1 aliphatic heterocycles. The number of hydrogen-bond donors (Lipinski definition) is 1. The maximum Gasteiger partial charge on any atom is 0.218 e. The molecule has 2 aliphatic rings. The largest absolute Gasteiger partial charge is 0.314 e. The second kappa shape index (κ2) is 7.02. The van der Waals surface area contributed by atoms with Crippen LogP contribution in [0.4, 0.5) is 0 Å². The molecule has 0 atom stereocenters. The van der Waals surface area contributed by atoms with Crippen molar-refractivity contribution in [2.75, 3.05) is 19.6 Å². The highest BCUT2D eigenvalue weighted by Crippen LogP contribution is 2.28. The topological polar surface area (TPSA) is 62.3 Å². The predicted molar refractivity (Wildman–Crippen MR) is 99.7 cm³/mol. The van der Waals surface area contributed by atoms with Crippen molar-refractivity contribution in [2.45, 2.75) is 37.5 Å². The molecule has 0 radical (unpaired) electrons. The number of pyridine rings is 1. The molecule has 2 heterocycles. The summed E-state index contributed by atoms with van der Waals surface area (Å²) in [6.45, 7) is 2.32. The van der Waals surface area contributed by atoms with Crippen LogP contribution in [0, 0.1) is 5.92 Å². The molecule has 0 spiro atoms. The van der Waals surface area contributed by atoms with Gasteiger partial charge >= 0.3 is 0 Å². The van der Waals surface area contributed by atoms with Gasteiger partial charge in [-0.05, 0) is 49.8 Å². The third kappa shape index (κ3) is 4.02. The highest BCUT2D eigenvalue weighted by atomic mass is 32.2. The monoisotopic (exact) mass is 359 g/mol. The average molecular weight is 359 g/mol. The Morgan fingerprint density at radius 3 is 2.60 bits per heavy atom. The van der Waals surface area contributed by atoms with Crippen molar-refractivity contribution in [3.05, 3.63) is 42.1 Å². The van der Waals surface area contributed by atoms with E-state index < -0.39 is 10.0 Å². The standard InChI is InChI=1S/C19H25N3O2S/c23-25(24,14-17-4-1-3-16-5-2-10-20-19(16)17)22-11-8-18(9-12-22)21-13-15-6-7-15/h1-5,10,15,18,21H,6-9,11-14H2. The number of fused-ring (bicyclic) bond motifs is 1. The summed E-state index contributed by atoms with van der Waals surface area (Å²) in [7, 11) is -3.30. The van der Waals surface area contributed by atoms with E-state index >= 15 is 0 Å². The van der Waals surface area contributed by atoms with Crippen LogP contribution in [0.5, 0.6) is 0 Å². The number of para-hydroxylation sites is 1. The second-order valence-electron chi connectivity index (χ2n) is 7.27. The van der Waals surface area contributed by atoms with Crippen LogP contribution in [-0.4, -0.2) is 43.4 Å². The highest BCUT2D eigenvalue weighted by molar-refractivity contribution is 7.88. The van der Waals surface area contributed by atoms with E-state index in [-0.39, 0.29) is 5.75 Å². The van der Waals surface area contributed by atoms with Crippen molar-refractivity contribution in [2.24, 2.45) is 5.92 Å². The van der Waals surface area contributed by atoms with Crippen LogP contribution in [0.2, 0.25) is 0 Å². The van der Waals surface area contributed by atoms with Gasteiger partial charge in [-0.3, -0.25) is 4.98 Å². The average Bonchev–Trinajstić information content (AvgIpc) is 3.45. The summed E-state index contributed by atoms with van der Waals surface area (Å²) in [6, 6.07) is 10.1. The van der Waals surface area contributed by atoms with E-state index in [1.165, 1.54) is 12.8 Å². The Hall–Kier alpha value is -1.50. The fourth-order valence-corrected chi connectivity index (χ4v) is 5.14. The molecule has 0 bridgehead atoms. The molecule has 1 aromatic carbocycles. The molecular formula is C19H25N3O2S. The summed E-state index contributed by atoms with van der Waals surface area (Å²) in [6.07, 6.45) is 6.22. The van der Waals surface area contributed by atoms with Gasteiger partial charge in [-0.1, -0.05) is 24.3 Å². The molecule has 1 N–H and O–H groups in total. The molecule has 1 aliphatic carbocycles. The van der Waals surface area contributed by atoms with Crippen molar-refractivity contribution in [1.29, 1.82) is 0 Å². The van der Waals surface area contributed by atoms with Crippen LogP contribution in [-0.2, 0) is 15.8 Å². The first kappa shape index (κ1) is 16.9. The third-order valence-electron chi connectivity index (χ3n) is 5.29. The number of nitrogens with one attached hydrogen (secondary N) is 1. The lowest BCUT2D eigenvalue weighted by Gasteiger charge is -2.31. The van der Waals surface area contributed by atoms with E-state index in [2.05, 4.69) is 10.3 Å². The Kier molecular flexibility index (Phi) is 4.75. The van der Waals surface area contributed by atoms with Gasteiger partial charge in [-0.25, -0.2) is 12.7 Å². The van der Waals surface area contributed by atoms with Crippen molar-refractivity contribution in [3.8, 4) is 0 Å². The molecule has 6 heteroatoms. The van der Waals surface area contributed by atoms with E-state index in [0.717, 1.165) is 41.8 Å². The lowest BCUT2D eigenvalue weighted by atomic mass is 10.1. The smallest absolute Gasteiger partial charge is 0.218 e. The third-order valence-corrected chi connectivity index (χ3v) is 7.12. The first-order valence-electron chi connectivity index (χ1n) is 9.16. The Bertz CT molecular complexity index is 835. The number of hydrogen-bond acceptors (Lipinski definition) is 4. The molecule has 2 aromatic rings. The van der Waals surface area contributed by atoms with Crippen LogP contribution < -0.4 is 5.32 Å². The zero-order valence-electron chi connectivity index (χ0n) is 14.4. The molecule has 4 rings (SSSR count). The van der Waals surface area contributed by atoms with Gasteiger partial charge in [0.1, 0.15) is 0 Å². The van der Waals surface area contributed by atoms with Gasteiger partial charge in [0.25, 0.3) is 0 Å². The van der Waals surface area contributed by atoms with Crippen LogP contribution in [0.15, 0.2) is 36.5 Å². The summed E-state index contributed by atoms with van der Waals surface area (Å²) in [5, 5.41) is 4.58. The zero-order chi connectivity index (χ0) is 17.3. The van der Waals surface area contributed by atoms with Gasteiger partial charge in [0, 0.05) is 30.7 Å². The van der Waals surface area contributed by atoms with E-state index in [1.807, 2.05) is 30.3 Å². The van der Waals surface area contributed by atoms with Crippen LogP contribution in [0.25, 0.3) is 10.9 Å². The Labute approximate surface area is 149 Å². The Balaban J connectivity index is 1.41. The minimum absolute atomic E-state index is 0.0293. The first-order chi connectivity index (χ1) is 12.1. The molecule has 134 valence electrons. The number of nitrogens with zero attached hydrogens (tertiary/aromatic N) is 2. The SMILES string of the molecule is O=S(=O)(Cc1cccc2cccnc12)N1CCC(NCC2CC2)CC1. The fraction of sp³-hybridized carbons (Fsp3) is 0.526. The van der Waals surface area contributed by atoms with Gasteiger partial charge in [0.05, 0.1) is 11.3 Å². The van der Waals surface area contributed by atoms with E-state index in [1.54, 1.807) is 10.5 Å². The van der Waals surface area contributed by atoms with Crippen LogP contribution in [0.3, 0.4) is 0 Å². The second-order valence-corrected chi connectivity index (χ2v) is 9.24. The van der Waals surface area contributed by atoms with Gasteiger partial charge < -0.3 is 5.32 Å². The Morgan fingerprint density at radius 1 is 1.08 bits per heavy atom. The molecule has 25 heavy (non-hydrogen) atoms. The number of piperidine rings is 1. The lowest BCUT2D eigenvalue weighted by Crippen LogP contribution is -2.45. The number of sulfonamides is 1. The predicted octanol–water partition coefficient (Wildman–Crippen LogP) is 2.53. The summed E-state index contributed by atoms with van der Waals surface area (Å²) in [5.74, 6) is 0.891. The molecular weight excluding hydrogens is 334 g/mol. The highest BCUT2D eigenvalue weighted by Gasteiger charge is 2.29. The molecule has 0 unspecified atom stereocenters. The van der Waals surface area contributed by atoms with Crippen LogP contribution >= 0.6 is 0 Å². The Morgan fingerprint density at radius 2 is 1.84 bits per heavy atom. The first-order valence-corrected chi connectivity index (χ1v) is 10.8. The molecule has 1 saturated heterocycles. The lowest BCUT2D eigenvalue weighted by molar-refractivity contribution is 0.287. The van der Waals surface area contributed by atoms with E-state index in [0.29, 0.717) is 19.1 Å². The van der Waals surface area contributed by atoms with E-state index in [9.17, 15) is 8.42 Å². The van der Waals surface area contributed by atoms with Gasteiger partial charge in [0.15, 0.2) is 0 Å². The molecule has 1 aromatic heterocycles. The minimum atomic E-state index is -3.30. The van der Waals surface area contributed by atoms with Gasteiger partial charge in [0.2, 0.25) is 10.0 Å². The number of rotatable bonds is 6. The summed E-state index contributed by atoms with van der Waals surface area (Å²) in [5.41, 5.74) is 1.57. The van der Waals surface area contributed by atoms with Gasteiger partial charge in [-0.2, -0.15) is 0 Å². The summed E-state index contributed by atoms with van der Waals surface area (Å²) >= 11 is 0. The normalized spacial score (nSPS) is 20.2. The minimum Gasteiger partial charge on any atom is -0.314 e. The van der Waals surface area contributed by atoms with Crippen molar-refractivity contribution >= 4 is 20.9 Å². The van der Waals surface area contributed by atoms with Crippen LogP contribution in [0.1, 0.15) is 31.2 Å². The van der Waals surface area contributed by atoms with Crippen molar-refractivity contribution < 1.29 is 8.42 Å². The van der Waals surface area contributed by atoms with E-state index in [4.69, 9.17) is 0 Å². The maximum absolute atomic E-state index is 12.9. The summed E-state index contributed by atoms with van der Waals surface area (Å²) < 4.78 is 27.4.